The summed E-state index contributed by atoms with van der Waals surface area (Å²) in [7, 11) is 0. The monoisotopic (exact) mass is 325 g/mol. The molecule has 0 amide bonds. The van der Waals surface area contributed by atoms with Crippen molar-refractivity contribution >= 4 is 23.4 Å². The van der Waals surface area contributed by atoms with Gasteiger partial charge in [0, 0.05) is 6.42 Å². The largest absolute Gasteiger partial charge is 0.489 e. The molecular weight excluding hydrogens is 306 g/mol. The van der Waals surface area contributed by atoms with Crippen LogP contribution in [0.25, 0.3) is 0 Å². The van der Waals surface area contributed by atoms with E-state index in [4.69, 9.17) is 25.1 Å². The first-order valence-corrected chi connectivity index (χ1v) is 6.97. The number of carbonyl (C=O) groups is 3. The fourth-order valence-electron chi connectivity index (χ4n) is 1.53. The van der Waals surface area contributed by atoms with Crippen LogP contribution >= 0.6 is 0 Å². The van der Waals surface area contributed by atoms with Gasteiger partial charge in [0.25, 0.3) is 0 Å². The summed E-state index contributed by atoms with van der Waals surface area (Å²) >= 11 is 0. The van der Waals surface area contributed by atoms with E-state index < -0.39 is 17.7 Å². The number of nitrogen functional groups attached to an aromatic ring is 1. The Hall–Kier alpha value is -2.61. The van der Waals surface area contributed by atoms with Crippen molar-refractivity contribution in [2.24, 2.45) is 0 Å². The van der Waals surface area contributed by atoms with Crippen LogP contribution in [0.1, 0.15) is 12.8 Å². The van der Waals surface area contributed by atoms with E-state index in [1.807, 2.05) is 0 Å². The molecule has 8 nitrogen and oxygen atoms in total. The predicted molar refractivity (Wildman–Crippen MR) is 80.0 cm³/mol. The summed E-state index contributed by atoms with van der Waals surface area (Å²) in [6.07, 6.45) is -0.636. The summed E-state index contributed by atoms with van der Waals surface area (Å²) in [4.78, 5) is 32.3. The highest BCUT2D eigenvalue weighted by molar-refractivity contribution is 6.32. The van der Waals surface area contributed by atoms with Gasteiger partial charge in [-0.15, -0.1) is 0 Å². The number of carboxylic acids is 1. The zero-order valence-electron chi connectivity index (χ0n) is 12.5. The number of ketones is 1. The standard InChI is InChI=1S/C15H19NO7/c16-11-3-1-2-4-13(11)22-9-7-21-8-10-23-14(18)6-5-12(17)15(19)20/h1-4H,5-10,16H2,(H,19,20). The predicted octanol–water partition coefficient (Wildman–Crippen LogP) is 0.641. The lowest BCUT2D eigenvalue weighted by molar-refractivity contribution is -0.151. The van der Waals surface area contributed by atoms with Crippen LogP contribution in [-0.2, 0) is 23.9 Å². The highest BCUT2D eigenvalue weighted by Gasteiger charge is 2.14. The van der Waals surface area contributed by atoms with Crippen LogP contribution in [0.4, 0.5) is 5.69 Å². The summed E-state index contributed by atoms with van der Waals surface area (Å²) in [5, 5.41) is 8.35. The van der Waals surface area contributed by atoms with Gasteiger partial charge in [-0.2, -0.15) is 0 Å². The summed E-state index contributed by atoms with van der Waals surface area (Å²) < 4.78 is 15.4. The lowest BCUT2D eigenvalue weighted by Crippen LogP contribution is -2.17. The molecule has 23 heavy (non-hydrogen) atoms. The zero-order valence-corrected chi connectivity index (χ0v) is 12.5. The number of hydrogen-bond donors (Lipinski definition) is 2. The Morgan fingerprint density at radius 2 is 1.70 bits per heavy atom. The van der Waals surface area contributed by atoms with E-state index >= 15 is 0 Å². The lowest BCUT2D eigenvalue weighted by atomic mass is 10.2. The maximum atomic E-state index is 11.2. The number of nitrogens with two attached hydrogens (primary N) is 1. The molecule has 0 aliphatic carbocycles. The molecule has 8 heteroatoms. The molecule has 0 fully saturated rings. The van der Waals surface area contributed by atoms with Gasteiger partial charge in [0.05, 0.1) is 25.3 Å². The Morgan fingerprint density at radius 1 is 1.00 bits per heavy atom. The summed E-state index contributed by atoms with van der Waals surface area (Å²) in [5.74, 6) is -2.64. The Bertz CT molecular complexity index is 544. The van der Waals surface area contributed by atoms with E-state index in [1.165, 1.54) is 0 Å². The molecule has 0 unspecified atom stereocenters. The van der Waals surface area contributed by atoms with Gasteiger partial charge in [-0.1, -0.05) is 12.1 Å². The van der Waals surface area contributed by atoms with E-state index in [0.717, 1.165) is 0 Å². The number of hydrogen-bond acceptors (Lipinski definition) is 7. The molecule has 0 saturated carbocycles. The van der Waals surface area contributed by atoms with Crippen LogP contribution in [0.15, 0.2) is 24.3 Å². The van der Waals surface area contributed by atoms with Crippen LogP contribution in [0.5, 0.6) is 5.75 Å². The molecule has 0 heterocycles. The van der Waals surface area contributed by atoms with E-state index in [-0.39, 0.29) is 26.1 Å². The fraction of sp³-hybridized carbons (Fsp3) is 0.400. The molecule has 0 spiro atoms. The Labute approximate surface area is 133 Å². The van der Waals surface area contributed by atoms with Crippen molar-refractivity contribution in [3.63, 3.8) is 0 Å². The van der Waals surface area contributed by atoms with Crippen molar-refractivity contribution in [2.45, 2.75) is 12.8 Å². The molecule has 0 aliphatic heterocycles. The molecule has 1 aromatic carbocycles. The number of Topliss-reactive ketones (excluding diaryl/α,β-unsaturated/α-hetero) is 1. The van der Waals surface area contributed by atoms with Crippen LogP contribution in [0.2, 0.25) is 0 Å². The Balaban J connectivity index is 2.01. The second-order valence-corrected chi connectivity index (χ2v) is 4.45. The average molecular weight is 325 g/mol. The molecule has 126 valence electrons. The number of carbonyl (C=O) groups excluding carboxylic acids is 2. The number of benzene rings is 1. The van der Waals surface area contributed by atoms with Crippen LogP contribution < -0.4 is 10.5 Å². The average Bonchev–Trinajstić information content (AvgIpc) is 2.53. The highest BCUT2D eigenvalue weighted by Crippen LogP contribution is 2.19. The van der Waals surface area contributed by atoms with Gasteiger partial charge in [0.2, 0.25) is 5.78 Å². The number of aliphatic carboxylic acids is 1. The zero-order chi connectivity index (χ0) is 17.1. The second kappa shape index (κ2) is 10.2. The Morgan fingerprint density at radius 3 is 2.39 bits per heavy atom. The van der Waals surface area contributed by atoms with E-state index in [2.05, 4.69) is 0 Å². The molecule has 0 bridgehead atoms. The van der Waals surface area contributed by atoms with E-state index in [0.29, 0.717) is 24.7 Å². The van der Waals surface area contributed by atoms with Gasteiger partial charge in [-0.25, -0.2) is 4.79 Å². The van der Waals surface area contributed by atoms with Crippen LogP contribution in [0.3, 0.4) is 0 Å². The molecule has 1 rings (SSSR count). The van der Waals surface area contributed by atoms with Gasteiger partial charge in [-0.3, -0.25) is 9.59 Å². The maximum absolute atomic E-state index is 11.2. The smallest absolute Gasteiger partial charge is 0.372 e. The van der Waals surface area contributed by atoms with Crippen molar-refractivity contribution in [3.05, 3.63) is 24.3 Å². The van der Waals surface area contributed by atoms with Crippen molar-refractivity contribution in [1.29, 1.82) is 0 Å². The molecule has 0 atom stereocenters. The van der Waals surface area contributed by atoms with Crippen molar-refractivity contribution < 1.29 is 33.7 Å². The first-order chi connectivity index (χ1) is 11.0. The van der Waals surface area contributed by atoms with Crippen molar-refractivity contribution in [2.75, 3.05) is 32.2 Å². The number of esters is 1. The summed E-state index contributed by atoms with van der Waals surface area (Å²) in [6, 6.07) is 7.08. The van der Waals surface area contributed by atoms with Gasteiger partial charge in [0.15, 0.2) is 0 Å². The molecule has 0 radical (unpaired) electrons. The lowest BCUT2D eigenvalue weighted by Gasteiger charge is -2.09. The quantitative estimate of drug-likeness (QED) is 0.263. The minimum atomic E-state index is -1.56. The third-order valence-electron chi connectivity index (χ3n) is 2.69. The molecular formula is C15H19NO7. The number of para-hydroxylation sites is 2. The normalized spacial score (nSPS) is 10.1. The molecule has 0 aliphatic rings. The van der Waals surface area contributed by atoms with E-state index in [1.54, 1.807) is 24.3 Å². The Kier molecular flexibility index (Phi) is 8.16. The second-order valence-electron chi connectivity index (χ2n) is 4.45. The van der Waals surface area contributed by atoms with Crippen molar-refractivity contribution in [1.82, 2.24) is 0 Å². The van der Waals surface area contributed by atoms with E-state index in [9.17, 15) is 14.4 Å². The highest BCUT2D eigenvalue weighted by atomic mass is 16.6. The van der Waals surface area contributed by atoms with Gasteiger partial charge in [-0.05, 0) is 12.1 Å². The van der Waals surface area contributed by atoms with Gasteiger partial charge in [0.1, 0.15) is 19.0 Å². The summed E-state index contributed by atoms with van der Waals surface area (Å²) in [6.45, 7) is 0.790. The third kappa shape index (κ3) is 7.82. The van der Waals surface area contributed by atoms with Crippen LogP contribution in [0, 0.1) is 0 Å². The number of carboxylic acid groups (broad SMARTS) is 1. The fourth-order valence-corrected chi connectivity index (χ4v) is 1.53. The molecule has 1 aromatic rings. The number of ether oxygens (including phenoxy) is 3. The van der Waals surface area contributed by atoms with Crippen LogP contribution in [-0.4, -0.2) is 49.3 Å². The third-order valence-corrected chi connectivity index (χ3v) is 2.69. The first-order valence-electron chi connectivity index (χ1n) is 6.97. The molecule has 3 N–H and O–H groups in total. The topological polar surface area (TPSA) is 125 Å². The minimum absolute atomic E-state index is 0.0214. The SMILES string of the molecule is Nc1ccccc1OCCOCCOC(=O)CCC(=O)C(=O)O. The van der Waals surface area contributed by atoms with Gasteiger partial charge < -0.3 is 25.1 Å². The van der Waals surface area contributed by atoms with Gasteiger partial charge >= 0.3 is 11.9 Å². The minimum Gasteiger partial charge on any atom is -0.489 e. The summed E-state index contributed by atoms with van der Waals surface area (Å²) in [5.41, 5.74) is 6.24. The number of anilines is 1. The maximum Gasteiger partial charge on any atom is 0.372 e. The molecule has 0 aromatic heterocycles. The molecule has 0 saturated heterocycles. The number of rotatable bonds is 11. The van der Waals surface area contributed by atoms with Crippen molar-refractivity contribution in [3.8, 4) is 5.75 Å². The first kappa shape index (κ1) is 18.4.